The third kappa shape index (κ3) is 2.69. The van der Waals surface area contributed by atoms with Gasteiger partial charge in [0.25, 0.3) is 0 Å². The average molecular weight is 314 g/mol. The molecule has 0 heterocycles. The van der Waals surface area contributed by atoms with Crippen molar-refractivity contribution in [1.29, 1.82) is 0 Å². The Kier molecular flexibility index (Phi) is 4.25. The lowest BCUT2D eigenvalue weighted by molar-refractivity contribution is -0.130. The van der Waals surface area contributed by atoms with Gasteiger partial charge in [-0.05, 0) is 11.6 Å². The lowest BCUT2D eigenvalue weighted by atomic mass is 10.0. The summed E-state index contributed by atoms with van der Waals surface area (Å²) in [7, 11) is 0. The van der Waals surface area contributed by atoms with Crippen LogP contribution in [0.4, 0.5) is 22.0 Å². The summed E-state index contributed by atoms with van der Waals surface area (Å²) in [5.41, 5.74) is -2.30. The molecular formula is C15H7F5O2. The highest BCUT2D eigenvalue weighted by atomic mass is 19.2. The minimum absolute atomic E-state index is 0.226. The first-order chi connectivity index (χ1) is 10.3. The minimum Gasteiger partial charge on any atom is -0.478 e. The van der Waals surface area contributed by atoms with Gasteiger partial charge in [-0.2, -0.15) is 0 Å². The maximum absolute atomic E-state index is 13.7. The molecule has 0 aromatic heterocycles. The monoisotopic (exact) mass is 314 g/mol. The lowest BCUT2D eigenvalue weighted by Gasteiger charge is -2.09. The van der Waals surface area contributed by atoms with Crippen molar-refractivity contribution in [3.8, 4) is 0 Å². The third-order valence-corrected chi connectivity index (χ3v) is 2.82. The minimum atomic E-state index is -2.34. The first-order valence-electron chi connectivity index (χ1n) is 5.86. The fraction of sp³-hybridized carbons (Fsp3) is 0. The summed E-state index contributed by atoms with van der Waals surface area (Å²) in [5, 5.41) is 9.05. The van der Waals surface area contributed by atoms with Crippen molar-refractivity contribution in [2.75, 3.05) is 0 Å². The Hall–Kier alpha value is -2.70. The smallest absolute Gasteiger partial charge is 0.336 e. The largest absolute Gasteiger partial charge is 0.478 e. The predicted octanol–water partition coefficient (Wildman–Crippen LogP) is 4.01. The molecule has 0 spiro atoms. The molecule has 0 saturated carbocycles. The number of carboxylic acid groups (broad SMARTS) is 1. The van der Waals surface area contributed by atoms with E-state index in [-0.39, 0.29) is 5.56 Å². The van der Waals surface area contributed by atoms with Crippen LogP contribution >= 0.6 is 0 Å². The number of hydrogen-bond donors (Lipinski definition) is 1. The van der Waals surface area contributed by atoms with Crippen LogP contribution in [0.3, 0.4) is 0 Å². The van der Waals surface area contributed by atoms with Crippen LogP contribution in [-0.4, -0.2) is 11.1 Å². The summed E-state index contributed by atoms with van der Waals surface area (Å²) in [6.45, 7) is 0. The highest BCUT2D eigenvalue weighted by Crippen LogP contribution is 2.29. The van der Waals surface area contributed by atoms with Gasteiger partial charge >= 0.3 is 5.97 Å². The Balaban J connectivity index is 2.76. The summed E-state index contributed by atoms with van der Waals surface area (Å²) >= 11 is 0. The van der Waals surface area contributed by atoms with Gasteiger partial charge in [0.05, 0.1) is 11.1 Å². The lowest BCUT2D eigenvalue weighted by Crippen LogP contribution is -2.11. The summed E-state index contributed by atoms with van der Waals surface area (Å²) in [4.78, 5) is 11.2. The van der Waals surface area contributed by atoms with Gasteiger partial charge in [0.2, 0.25) is 5.82 Å². The quantitative estimate of drug-likeness (QED) is 0.306. The van der Waals surface area contributed by atoms with Crippen molar-refractivity contribution in [2.45, 2.75) is 0 Å². The van der Waals surface area contributed by atoms with Gasteiger partial charge in [0.15, 0.2) is 23.3 Å². The molecule has 22 heavy (non-hydrogen) atoms. The Morgan fingerprint density at radius 1 is 0.818 bits per heavy atom. The molecule has 0 aliphatic carbocycles. The predicted molar refractivity (Wildman–Crippen MR) is 68.2 cm³/mol. The van der Waals surface area contributed by atoms with Crippen LogP contribution in [0.1, 0.15) is 11.1 Å². The molecule has 0 fully saturated rings. The summed E-state index contributed by atoms with van der Waals surface area (Å²) < 4.78 is 66.7. The van der Waals surface area contributed by atoms with Gasteiger partial charge in [-0.25, -0.2) is 26.7 Å². The number of hydrogen-bond acceptors (Lipinski definition) is 1. The van der Waals surface area contributed by atoms with Gasteiger partial charge < -0.3 is 5.11 Å². The summed E-state index contributed by atoms with van der Waals surface area (Å²) in [6, 6.07) is 7.47. The molecule has 0 unspecified atom stereocenters. The maximum Gasteiger partial charge on any atom is 0.336 e. The number of benzene rings is 2. The van der Waals surface area contributed by atoms with Gasteiger partial charge in [-0.1, -0.05) is 30.3 Å². The van der Waals surface area contributed by atoms with E-state index in [0.29, 0.717) is 0 Å². The molecule has 0 saturated heterocycles. The molecule has 2 rings (SSSR count). The number of aliphatic carboxylic acids is 1. The fourth-order valence-electron chi connectivity index (χ4n) is 1.80. The first kappa shape index (κ1) is 15.7. The van der Waals surface area contributed by atoms with Crippen LogP contribution in [0.5, 0.6) is 0 Å². The van der Waals surface area contributed by atoms with E-state index in [1.807, 2.05) is 0 Å². The van der Waals surface area contributed by atoms with E-state index >= 15 is 0 Å². The van der Waals surface area contributed by atoms with Crippen molar-refractivity contribution >= 4 is 17.6 Å². The SMILES string of the molecule is O=C(O)C(=Cc1ccccc1)c1c(F)c(F)c(F)c(F)c1F. The molecule has 2 nitrogen and oxygen atoms in total. The Labute approximate surface area is 121 Å². The van der Waals surface area contributed by atoms with E-state index in [2.05, 4.69) is 0 Å². The van der Waals surface area contributed by atoms with Gasteiger partial charge in [-0.3, -0.25) is 0 Å². The Morgan fingerprint density at radius 2 is 1.27 bits per heavy atom. The summed E-state index contributed by atoms with van der Waals surface area (Å²) in [5.74, 6) is -13.0. The number of halogens is 5. The highest BCUT2D eigenvalue weighted by molar-refractivity contribution is 6.20. The number of carboxylic acids is 1. The molecule has 7 heteroatoms. The van der Waals surface area contributed by atoms with Crippen LogP contribution in [0.2, 0.25) is 0 Å². The Morgan fingerprint density at radius 3 is 1.73 bits per heavy atom. The normalized spacial score (nSPS) is 11.6. The topological polar surface area (TPSA) is 37.3 Å². The van der Waals surface area contributed by atoms with Crippen molar-refractivity contribution in [3.05, 3.63) is 70.5 Å². The van der Waals surface area contributed by atoms with Crippen LogP contribution in [0, 0.1) is 29.1 Å². The second-order valence-electron chi connectivity index (χ2n) is 4.22. The van der Waals surface area contributed by atoms with Gasteiger partial charge in [0.1, 0.15) is 0 Å². The standard InChI is InChI=1S/C15H7F5O2/c16-10-9(11(17)13(19)14(20)12(10)18)8(15(21)22)6-7-4-2-1-3-5-7/h1-6H,(H,21,22). The zero-order chi connectivity index (χ0) is 16.4. The van der Waals surface area contributed by atoms with Gasteiger partial charge in [0, 0.05) is 0 Å². The highest BCUT2D eigenvalue weighted by Gasteiger charge is 2.30. The van der Waals surface area contributed by atoms with Crippen LogP contribution < -0.4 is 0 Å². The van der Waals surface area contributed by atoms with E-state index in [1.165, 1.54) is 24.3 Å². The van der Waals surface area contributed by atoms with E-state index < -0.39 is 46.2 Å². The van der Waals surface area contributed by atoms with Crippen LogP contribution in [-0.2, 0) is 4.79 Å². The molecule has 0 radical (unpaired) electrons. The van der Waals surface area contributed by atoms with Crippen LogP contribution in [0.15, 0.2) is 30.3 Å². The Bertz CT molecular complexity index is 740. The molecule has 0 aliphatic rings. The van der Waals surface area contributed by atoms with E-state index in [0.717, 1.165) is 6.08 Å². The van der Waals surface area contributed by atoms with Crippen molar-refractivity contribution in [2.24, 2.45) is 0 Å². The average Bonchev–Trinajstić information content (AvgIpc) is 2.51. The van der Waals surface area contributed by atoms with E-state index in [9.17, 15) is 26.7 Å². The van der Waals surface area contributed by atoms with E-state index in [4.69, 9.17) is 5.11 Å². The molecule has 0 amide bonds. The van der Waals surface area contributed by atoms with Crippen molar-refractivity contribution in [3.63, 3.8) is 0 Å². The van der Waals surface area contributed by atoms with Crippen LogP contribution in [0.25, 0.3) is 11.6 Å². The second-order valence-corrected chi connectivity index (χ2v) is 4.22. The zero-order valence-corrected chi connectivity index (χ0v) is 10.7. The summed E-state index contributed by atoms with van der Waals surface area (Å²) in [6.07, 6.45) is 0.820. The van der Waals surface area contributed by atoms with Crippen molar-refractivity contribution < 1.29 is 31.9 Å². The molecule has 1 N–H and O–H groups in total. The molecule has 0 aliphatic heterocycles. The van der Waals surface area contributed by atoms with E-state index in [1.54, 1.807) is 6.07 Å². The van der Waals surface area contributed by atoms with Gasteiger partial charge in [-0.15, -0.1) is 0 Å². The zero-order valence-electron chi connectivity index (χ0n) is 10.7. The molecule has 2 aromatic carbocycles. The molecular weight excluding hydrogens is 307 g/mol. The van der Waals surface area contributed by atoms with Crippen molar-refractivity contribution in [1.82, 2.24) is 0 Å². The number of carbonyl (C=O) groups is 1. The first-order valence-corrected chi connectivity index (χ1v) is 5.86. The molecule has 2 aromatic rings. The second kappa shape index (κ2) is 5.97. The fourth-order valence-corrected chi connectivity index (χ4v) is 1.80. The molecule has 114 valence electrons. The molecule has 0 bridgehead atoms. The molecule has 0 atom stereocenters. The maximum atomic E-state index is 13.7. The number of rotatable bonds is 3. The third-order valence-electron chi connectivity index (χ3n) is 2.82.